The molecule has 0 bridgehead atoms. The molecule has 1 aromatic heterocycles. The maximum Gasteiger partial charge on any atom is 0.367 e. The zero-order valence-corrected chi connectivity index (χ0v) is 8.53. The van der Waals surface area contributed by atoms with Gasteiger partial charge in [0, 0.05) is 18.0 Å². The van der Waals surface area contributed by atoms with Gasteiger partial charge in [-0.15, -0.1) is 0 Å². The molecule has 15 heavy (non-hydrogen) atoms. The minimum atomic E-state index is -0.998. The maximum atomic E-state index is 13.1. The molecule has 0 aliphatic rings. The minimum absolute atomic E-state index is 0.134. The fourth-order valence-corrected chi connectivity index (χ4v) is 0.910. The molecule has 0 spiro atoms. The van der Waals surface area contributed by atoms with Gasteiger partial charge in [0.15, 0.2) is 5.82 Å². The van der Waals surface area contributed by atoms with Crippen molar-refractivity contribution in [2.45, 2.75) is 13.8 Å². The van der Waals surface area contributed by atoms with Crippen LogP contribution < -0.4 is 0 Å². The Bertz CT molecular complexity index is 391. The van der Waals surface area contributed by atoms with Gasteiger partial charge in [0.05, 0.1) is 6.61 Å². The Morgan fingerprint density at radius 1 is 1.67 bits per heavy atom. The second kappa shape index (κ2) is 5.19. The van der Waals surface area contributed by atoms with Crippen molar-refractivity contribution in [2.24, 2.45) is 0 Å². The van der Waals surface area contributed by atoms with Crippen molar-refractivity contribution in [3.8, 4) is 0 Å². The van der Waals surface area contributed by atoms with Crippen LogP contribution in [-0.4, -0.2) is 22.5 Å². The number of aryl methyl sites for hydroxylation is 1. The van der Waals surface area contributed by atoms with Gasteiger partial charge in [-0.05, 0) is 19.9 Å². The Labute approximate surface area is 86.8 Å². The zero-order chi connectivity index (χ0) is 11.3. The van der Waals surface area contributed by atoms with Crippen LogP contribution in [0.2, 0.25) is 0 Å². The topological polar surface area (TPSA) is 52.1 Å². The molecule has 0 aliphatic carbocycles. The molecule has 0 aliphatic heterocycles. The molecule has 0 N–H and O–H groups in total. The first-order valence-corrected chi connectivity index (χ1v) is 4.47. The molecule has 0 unspecified atom stereocenters. The van der Waals surface area contributed by atoms with Gasteiger partial charge in [-0.25, -0.2) is 14.8 Å². The molecule has 1 aromatic rings. The number of ether oxygens (including phenoxy) is 1. The highest BCUT2D eigenvalue weighted by atomic mass is 19.1. The molecule has 0 radical (unpaired) electrons. The lowest BCUT2D eigenvalue weighted by molar-refractivity contribution is -0.140. The number of rotatable bonds is 3. The van der Waals surface area contributed by atoms with Crippen molar-refractivity contribution < 1.29 is 13.9 Å². The molecule has 4 nitrogen and oxygen atoms in total. The van der Waals surface area contributed by atoms with Crippen LogP contribution in [0, 0.1) is 6.92 Å². The van der Waals surface area contributed by atoms with E-state index in [0.29, 0.717) is 5.69 Å². The summed E-state index contributed by atoms with van der Waals surface area (Å²) in [4.78, 5) is 18.6. The predicted molar refractivity (Wildman–Crippen MR) is 52.5 cm³/mol. The van der Waals surface area contributed by atoms with Gasteiger partial charge in [-0.3, -0.25) is 0 Å². The molecule has 1 heterocycles. The van der Waals surface area contributed by atoms with E-state index in [9.17, 15) is 9.18 Å². The number of carbonyl (C=O) groups excluding carboxylic acids is 1. The van der Waals surface area contributed by atoms with Crippen LogP contribution in [0.4, 0.5) is 4.39 Å². The summed E-state index contributed by atoms with van der Waals surface area (Å²) in [5.74, 6) is -1.84. The lowest BCUT2D eigenvalue weighted by atomic mass is 10.4. The van der Waals surface area contributed by atoms with Crippen molar-refractivity contribution in [3.63, 3.8) is 0 Å². The van der Waals surface area contributed by atoms with Gasteiger partial charge in [0.25, 0.3) is 0 Å². The third kappa shape index (κ3) is 3.46. The Morgan fingerprint density at radius 2 is 2.40 bits per heavy atom. The number of esters is 1. The maximum absolute atomic E-state index is 13.1. The summed E-state index contributed by atoms with van der Waals surface area (Å²) in [6.45, 7) is 3.49. The van der Waals surface area contributed by atoms with Crippen molar-refractivity contribution >= 4 is 12.0 Å². The fraction of sp³-hybridized carbons (Fsp3) is 0.300. The monoisotopic (exact) mass is 210 g/mol. The number of aromatic nitrogens is 2. The Morgan fingerprint density at radius 3 is 3.00 bits per heavy atom. The molecule has 0 fully saturated rings. The van der Waals surface area contributed by atoms with Gasteiger partial charge < -0.3 is 4.74 Å². The molecule has 1 rings (SSSR count). The number of hydrogen-bond donors (Lipinski definition) is 0. The molecular formula is C10H11FN2O2. The van der Waals surface area contributed by atoms with E-state index in [1.165, 1.54) is 6.20 Å². The van der Waals surface area contributed by atoms with Crippen molar-refractivity contribution in [3.05, 3.63) is 29.6 Å². The fourth-order valence-electron chi connectivity index (χ4n) is 0.910. The summed E-state index contributed by atoms with van der Waals surface area (Å²) in [6, 6.07) is 1.68. The van der Waals surface area contributed by atoms with Crippen LogP contribution in [0.3, 0.4) is 0 Å². The van der Waals surface area contributed by atoms with Gasteiger partial charge in [0.2, 0.25) is 5.83 Å². The summed E-state index contributed by atoms with van der Waals surface area (Å²) < 4.78 is 17.6. The van der Waals surface area contributed by atoms with E-state index in [1.807, 2.05) is 0 Å². The van der Waals surface area contributed by atoms with E-state index in [-0.39, 0.29) is 12.4 Å². The average molecular weight is 210 g/mol. The molecule has 0 saturated heterocycles. The summed E-state index contributed by atoms with van der Waals surface area (Å²) in [5.41, 5.74) is 0.702. The molecular weight excluding hydrogens is 199 g/mol. The summed E-state index contributed by atoms with van der Waals surface area (Å²) in [5, 5.41) is 0. The highest BCUT2D eigenvalue weighted by Gasteiger charge is 2.09. The van der Waals surface area contributed by atoms with E-state index in [1.54, 1.807) is 19.9 Å². The molecule has 0 atom stereocenters. The van der Waals surface area contributed by atoms with Gasteiger partial charge in [-0.1, -0.05) is 0 Å². The molecule has 0 amide bonds. The molecule has 80 valence electrons. The first-order valence-electron chi connectivity index (χ1n) is 4.47. The lowest BCUT2D eigenvalue weighted by Gasteiger charge is -1.98. The van der Waals surface area contributed by atoms with Crippen molar-refractivity contribution in [1.29, 1.82) is 0 Å². The summed E-state index contributed by atoms with van der Waals surface area (Å²) in [7, 11) is 0. The van der Waals surface area contributed by atoms with Crippen molar-refractivity contribution in [2.75, 3.05) is 6.61 Å². The Kier molecular flexibility index (Phi) is 3.91. The first-order chi connectivity index (χ1) is 7.13. The third-order valence-corrected chi connectivity index (χ3v) is 1.54. The van der Waals surface area contributed by atoms with Crippen LogP contribution in [-0.2, 0) is 9.53 Å². The van der Waals surface area contributed by atoms with Gasteiger partial charge >= 0.3 is 5.97 Å². The van der Waals surface area contributed by atoms with Crippen molar-refractivity contribution in [1.82, 2.24) is 9.97 Å². The standard InChI is InChI=1S/C10H11FN2O2/c1-3-15-10(14)8(11)6-9-12-5-4-7(2)13-9/h4-6H,3H2,1-2H3/b8-6-. The van der Waals surface area contributed by atoms with E-state index in [4.69, 9.17) is 0 Å². The third-order valence-electron chi connectivity index (χ3n) is 1.54. The van der Waals surface area contributed by atoms with E-state index < -0.39 is 11.8 Å². The Balaban J connectivity index is 2.82. The van der Waals surface area contributed by atoms with E-state index in [2.05, 4.69) is 14.7 Å². The number of hydrogen-bond acceptors (Lipinski definition) is 4. The van der Waals surface area contributed by atoms with E-state index in [0.717, 1.165) is 6.08 Å². The summed E-state index contributed by atoms with van der Waals surface area (Å²) >= 11 is 0. The second-order valence-electron chi connectivity index (χ2n) is 2.77. The number of halogens is 1. The highest BCUT2D eigenvalue weighted by molar-refractivity contribution is 5.90. The number of nitrogens with zero attached hydrogens (tertiary/aromatic N) is 2. The van der Waals surface area contributed by atoms with Crippen LogP contribution in [0.5, 0.6) is 0 Å². The van der Waals surface area contributed by atoms with Crippen LogP contribution in [0.25, 0.3) is 6.08 Å². The van der Waals surface area contributed by atoms with Crippen LogP contribution >= 0.6 is 0 Å². The van der Waals surface area contributed by atoms with E-state index >= 15 is 0 Å². The normalized spacial score (nSPS) is 11.3. The SMILES string of the molecule is CCOC(=O)/C(F)=C/c1nccc(C)n1. The Hall–Kier alpha value is -1.78. The molecule has 0 aromatic carbocycles. The summed E-state index contributed by atoms with van der Waals surface area (Å²) in [6.07, 6.45) is 2.44. The van der Waals surface area contributed by atoms with Gasteiger partial charge in [-0.2, -0.15) is 4.39 Å². The minimum Gasteiger partial charge on any atom is -0.461 e. The number of carbonyl (C=O) groups is 1. The first kappa shape index (κ1) is 11.3. The molecule has 0 saturated carbocycles. The van der Waals surface area contributed by atoms with Crippen LogP contribution in [0.1, 0.15) is 18.4 Å². The average Bonchev–Trinajstić information content (AvgIpc) is 2.18. The second-order valence-corrected chi connectivity index (χ2v) is 2.77. The predicted octanol–water partition coefficient (Wildman–Crippen LogP) is 1.66. The smallest absolute Gasteiger partial charge is 0.367 e. The van der Waals surface area contributed by atoms with Crippen LogP contribution in [0.15, 0.2) is 18.1 Å². The lowest BCUT2D eigenvalue weighted by Crippen LogP contribution is -2.04. The largest absolute Gasteiger partial charge is 0.461 e. The molecule has 5 heteroatoms. The quantitative estimate of drug-likeness (QED) is 0.562. The zero-order valence-electron chi connectivity index (χ0n) is 8.53. The highest BCUT2D eigenvalue weighted by Crippen LogP contribution is 2.05. The van der Waals surface area contributed by atoms with Gasteiger partial charge in [0.1, 0.15) is 0 Å².